The molecular weight excluding hydrogens is 218 g/mol. The highest BCUT2D eigenvalue weighted by molar-refractivity contribution is 8.16. The summed E-state index contributed by atoms with van der Waals surface area (Å²) in [6, 6.07) is 0. The van der Waals surface area contributed by atoms with Crippen LogP contribution in [0.4, 0.5) is 0 Å². The topological polar surface area (TPSA) is 29.4 Å². The third-order valence-corrected chi connectivity index (χ3v) is 5.61. The van der Waals surface area contributed by atoms with Gasteiger partial charge in [0, 0.05) is 0 Å². The Morgan fingerprint density at radius 2 is 2.19 bits per heavy atom. The van der Waals surface area contributed by atoms with Crippen molar-refractivity contribution in [2.45, 2.75) is 50.7 Å². The van der Waals surface area contributed by atoms with Crippen LogP contribution in [0.15, 0.2) is 4.99 Å². The Kier molecular flexibility index (Phi) is 2.43. The first-order valence-electron chi connectivity index (χ1n) is 6.35. The van der Waals surface area contributed by atoms with Gasteiger partial charge in [-0.05, 0) is 57.3 Å². The molecule has 2 aliphatic carbocycles. The third-order valence-electron chi connectivity index (χ3n) is 4.44. The van der Waals surface area contributed by atoms with Gasteiger partial charge in [0.1, 0.15) is 0 Å². The van der Waals surface area contributed by atoms with Crippen LogP contribution in [0.1, 0.15) is 46.0 Å². The van der Waals surface area contributed by atoms with Crippen molar-refractivity contribution in [1.29, 1.82) is 0 Å². The van der Waals surface area contributed by atoms with Crippen LogP contribution in [0.3, 0.4) is 0 Å². The number of hydrogen-bond acceptors (Lipinski definition) is 2. The van der Waals surface area contributed by atoms with Gasteiger partial charge in [-0.25, -0.2) is 4.99 Å². The molecule has 0 aromatic carbocycles. The number of hydrogen-bond donors (Lipinski definition) is 0. The summed E-state index contributed by atoms with van der Waals surface area (Å²) in [5.74, 6) is 2.82. The predicted molar refractivity (Wildman–Crippen MR) is 67.7 cm³/mol. The highest BCUT2D eigenvalue weighted by Gasteiger charge is 2.42. The molecule has 2 nitrogen and oxygen atoms in total. The maximum absolute atomic E-state index is 11.6. The molecule has 0 saturated heterocycles. The Bertz CT molecular complexity index is 361. The molecular formula is C13H19NOS. The molecule has 2 bridgehead atoms. The summed E-state index contributed by atoms with van der Waals surface area (Å²) in [5.41, 5.74) is 0. The van der Waals surface area contributed by atoms with Gasteiger partial charge in [0.2, 0.25) is 0 Å². The Morgan fingerprint density at radius 1 is 1.38 bits per heavy atom. The van der Waals surface area contributed by atoms with Crippen LogP contribution in [0.5, 0.6) is 0 Å². The van der Waals surface area contributed by atoms with Crippen LogP contribution in [0.2, 0.25) is 0 Å². The molecule has 3 unspecified atom stereocenters. The Balaban J connectivity index is 1.65. The fraction of sp³-hybridized carbons (Fsp3) is 0.846. The van der Waals surface area contributed by atoms with E-state index >= 15 is 0 Å². The van der Waals surface area contributed by atoms with E-state index in [0.29, 0.717) is 0 Å². The molecule has 3 rings (SSSR count). The van der Waals surface area contributed by atoms with Gasteiger partial charge < -0.3 is 0 Å². The van der Waals surface area contributed by atoms with Crippen molar-refractivity contribution in [2.24, 2.45) is 22.7 Å². The van der Waals surface area contributed by atoms with Gasteiger partial charge in [-0.2, -0.15) is 0 Å². The molecule has 88 valence electrons. The lowest BCUT2D eigenvalue weighted by Crippen LogP contribution is -2.21. The summed E-state index contributed by atoms with van der Waals surface area (Å²) in [5, 5.41) is 1.10. The first-order chi connectivity index (χ1) is 7.54. The fourth-order valence-electron chi connectivity index (χ4n) is 3.55. The standard InChI is InChI=1S/C13H19NOS/c1-13(2)12(15)14-11(16-13)7-10-6-8-3-4-9(10)5-8/h8-10H,3-7H2,1-2H3. The van der Waals surface area contributed by atoms with Crippen LogP contribution in [0, 0.1) is 17.8 Å². The van der Waals surface area contributed by atoms with Gasteiger partial charge in [-0.15, -0.1) is 0 Å². The van der Waals surface area contributed by atoms with Crippen LogP contribution in [-0.4, -0.2) is 15.7 Å². The van der Waals surface area contributed by atoms with E-state index in [9.17, 15) is 4.79 Å². The zero-order chi connectivity index (χ0) is 11.3. The molecule has 2 saturated carbocycles. The van der Waals surface area contributed by atoms with Crippen molar-refractivity contribution in [1.82, 2.24) is 0 Å². The minimum Gasteiger partial charge on any atom is -0.271 e. The summed E-state index contributed by atoms with van der Waals surface area (Å²) in [6.45, 7) is 3.97. The second kappa shape index (κ2) is 3.59. The molecule has 1 aliphatic heterocycles. The molecule has 0 aromatic rings. The van der Waals surface area contributed by atoms with E-state index in [1.54, 1.807) is 11.8 Å². The van der Waals surface area contributed by atoms with Crippen LogP contribution in [0.25, 0.3) is 0 Å². The van der Waals surface area contributed by atoms with Gasteiger partial charge in [0.05, 0.1) is 9.79 Å². The fourth-order valence-corrected chi connectivity index (χ4v) is 4.69. The van der Waals surface area contributed by atoms with E-state index in [1.165, 1.54) is 25.7 Å². The highest BCUT2D eigenvalue weighted by Crippen LogP contribution is 2.51. The van der Waals surface area contributed by atoms with Crippen LogP contribution in [-0.2, 0) is 4.79 Å². The molecule has 16 heavy (non-hydrogen) atoms. The van der Waals surface area contributed by atoms with E-state index < -0.39 is 0 Å². The minimum absolute atomic E-state index is 0.0654. The largest absolute Gasteiger partial charge is 0.271 e. The number of aliphatic imine (C=N–C) groups is 1. The van der Waals surface area contributed by atoms with Gasteiger partial charge in [0.25, 0.3) is 5.91 Å². The predicted octanol–water partition coefficient (Wildman–Crippen LogP) is 3.26. The smallest absolute Gasteiger partial charge is 0.262 e. The molecule has 1 amide bonds. The zero-order valence-electron chi connectivity index (χ0n) is 10.0. The van der Waals surface area contributed by atoms with Crippen LogP contribution >= 0.6 is 11.8 Å². The molecule has 0 spiro atoms. The average molecular weight is 237 g/mol. The molecule has 0 aromatic heterocycles. The summed E-state index contributed by atoms with van der Waals surface area (Å²) in [4.78, 5) is 15.9. The van der Waals surface area contributed by atoms with E-state index in [4.69, 9.17) is 0 Å². The lowest BCUT2D eigenvalue weighted by molar-refractivity contribution is -0.119. The number of rotatable bonds is 2. The molecule has 3 atom stereocenters. The van der Waals surface area contributed by atoms with E-state index in [-0.39, 0.29) is 10.7 Å². The maximum atomic E-state index is 11.6. The number of carbonyl (C=O) groups excluding carboxylic acids is 1. The Labute approximate surface area is 101 Å². The first-order valence-corrected chi connectivity index (χ1v) is 7.17. The number of carbonyl (C=O) groups is 1. The highest BCUT2D eigenvalue weighted by atomic mass is 32.2. The van der Waals surface area contributed by atoms with Crippen molar-refractivity contribution in [3.63, 3.8) is 0 Å². The normalized spacial score (nSPS) is 40.5. The number of nitrogens with zero attached hydrogens (tertiary/aromatic N) is 1. The lowest BCUT2D eigenvalue weighted by Gasteiger charge is -2.21. The Morgan fingerprint density at radius 3 is 2.69 bits per heavy atom. The van der Waals surface area contributed by atoms with Gasteiger partial charge >= 0.3 is 0 Å². The van der Waals surface area contributed by atoms with Crippen molar-refractivity contribution in [3.05, 3.63) is 0 Å². The zero-order valence-corrected chi connectivity index (χ0v) is 10.8. The monoisotopic (exact) mass is 237 g/mol. The number of thioether (sulfide) groups is 1. The second-order valence-corrected chi connectivity index (χ2v) is 7.76. The van der Waals surface area contributed by atoms with Crippen molar-refractivity contribution >= 4 is 22.7 Å². The van der Waals surface area contributed by atoms with Crippen molar-refractivity contribution < 1.29 is 4.79 Å². The van der Waals surface area contributed by atoms with Gasteiger partial charge in [-0.3, -0.25) is 4.79 Å². The minimum atomic E-state index is -0.299. The summed E-state index contributed by atoms with van der Waals surface area (Å²) < 4.78 is -0.299. The summed E-state index contributed by atoms with van der Waals surface area (Å²) in [6.07, 6.45) is 6.77. The van der Waals surface area contributed by atoms with E-state index in [1.807, 2.05) is 13.8 Å². The van der Waals surface area contributed by atoms with Crippen LogP contribution < -0.4 is 0 Å². The summed E-state index contributed by atoms with van der Waals surface area (Å²) >= 11 is 1.69. The molecule has 2 fully saturated rings. The quantitative estimate of drug-likeness (QED) is 0.737. The van der Waals surface area contributed by atoms with Gasteiger partial charge in [-0.1, -0.05) is 18.2 Å². The SMILES string of the molecule is CC1(C)SC(CC2CC3CCC2C3)=NC1=O. The second-order valence-electron chi connectivity index (χ2n) is 6.06. The first kappa shape index (κ1) is 10.8. The molecule has 3 heteroatoms. The number of fused-ring (bicyclic) bond motifs is 2. The third kappa shape index (κ3) is 1.73. The van der Waals surface area contributed by atoms with E-state index in [2.05, 4.69) is 4.99 Å². The molecule has 3 aliphatic rings. The summed E-state index contributed by atoms with van der Waals surface area (Å²) in [7, 11) is 0. The maximum Gasteiger partial charge on any atom is 0.262 e. The van der Waals surface area contributed by atoms with Crippen molar-refractivity contribution in [3.8, 4) is 0 Å². The molecule has 1 heterocycles. The van der Waals surface area contributed by atoms with E-state index in [0.717, 1.165) is 29.2 Å². The molecule has 0 N–H and O–H groups in total. The average Bonchev–Trinajstić information content (AvgIpc) is 2.82. The molecule has 0 radical (unpaired) electrons. The Hall–Kier alpha value is -0.310. The lowest BCUT2D eigenvalue weighted by atomic mass is 9.87. The van der Waals surface area contributed by atoms with Gasteiger partial charge in [0.15, 0.2) is 0 Å². The van der Waals surface area contributed by atoms with Crippen molar-refractivity contribution in [2.75, 3.05) is 0 Å². The number of amides is 1.